The molecule has 3 nitrogen and oxygen atoms in total. The number of aliphatic hydroxyl groups is 1. The van der Waals surface area contributed by atoms with E-state index in [9.17, 15) is 5.11 Å². The van der Waals surface area contributed by atoms with E-state index in [1.165, 1.54) is 12.8 Å². The zero-order valence-electron chi connectivity index (χ0n) is 11.2. The van der Waals surface area contributed by atoms with Crippen molar-refractivity contribution in [1.82, 2.24) is 0 Å². The zero-order valence-corrected chi connectivity index (χ0v) is 11.2. The highest BCUT2D eigenvalue weighted by molar-refractivity contribution is 4.83. The third-order valence-corrected chi connectivity index (χ3v) is 4.18. The van der Waals surface area contributed by atoms with Crippen LogP contribution in [-0.4, -0.2) is 30.2 Å². The first kappa shape index (κ1) is 13.3. The molecule has 0 bridgehead atoms. The van der Waals surface area contributed by atoms with Crippen molar-refractivity contribution < 1.29 is 14.6 Å². The molecule has 0 spiro atoms. The van der Waals surface area contributed by atoms with Crippen molar-refractivity contribution in [3.05, 3.63) is 0 Å². The molecule has 2 fully saturated rings. The quantitative estimate of drug-likeness (QED) is 0.827. The van der Waals surface area contributed by atoms with E-state index in [1.54, 1.807) is 0 Å². The van der Waals surface area contributed by atoms with Crippen molar-refractivity contribution in [3.63, 3.8) is 0 Å². The van der Waals surface area contributed by atoms with Gasteiger partial charge in [0.15, 0.2) is 6.29 Å². The Bertz CT molecular complexity index is 222. The van der Waals surface area contributed by atoms with Gasteiger partial charge in [0.25, 0.3) is 0 Å². The molecule has 2 aliphatic rings. The van der Waals surface area contributed by atoms with Crippen LogP contribution in [0, 0.1) is 11.8 Å². The Morgan fingerprint density at radius 1 is 1.18 bits per heavy atom. The van der Waals surface area contributed by atoms with Gasteiger partial charge in [-0.25, -0.2) is 0 Å². The highest BCUT2D eigenvalue weighted by Gasteiger charge is 2.35. The SMILES string of the molecule is CCCC1COC(C2CCC(C)(O)CC2)OC1. The third-order valence-electron chi connectivity index (χ3n) is 4.18. The third kappa shape index (κ3) is 3.67. The molecule has 1 aliphatic heterocycles. The van der Waals surface area contributed by atoms with Crippen LogP contribution in [0.3, 0.4) is 0 Å². The van der Waals surface area contributed by atoms with Crippen LogP contribution in [0.1, 0.15) is 52.4 Å². The molecule has 0 aromatic rings. The topological polar surface area (TPSA) is 38.7 Å². The summed E-state index contributed by atoms with van der Waals surface area (Å²) in [5.41, 5.74) is -0.462. The molecule has 0 radical (unpaired) electrons. The van der Waals surface area contributed by atoms with Gasteiger partial charge in [-0.3, -0.25) is 0 Å². The monoisotopic (exact) mass is 242 g/mol. The average Bonchev–Trinajstić information content (AvgIpc) is 2.31. The van der Waals surface area contributed by atoms with Crippen LogP contribution in [0.25, 0.3) is 0 Å². The summed E-state index contributed by atoms with van der Waals surface area (Å²) in [6.07, 6.45) is 6.18. The summed E-state index contributed by atoms with van der Waals surface area (Å²) in [6, 6.07) is 0. The van der Waals surface area contributed by atoms with Crippen molar-refractivity contribution in [1.29, 1.82) is 0 Å². The van der Waals surface area contributed by atoms with E-state index < -0.39 is 5.60 Å². The van der Waals surface area contributed by atoms with Crippen molar-refractivity contribution in [2.24, 2.45) is 11.8 Å². The van der Waals surface area contributed by atoms with E-state index in [-0.39, 0.29) is 6.29 Å². The van der Waals surface area contributed by atoms with Crippen molar-refractivity contribution in [2.45, 2.75) is 64.3 Å². The molecule has 2 rings (SSSR count). The number of rotatable bonds is 3. The van der Waals surface area contributed by atoms with Crippen LogP contribution < -0.4 is 0 Å². The first-order valence-electron chi connectivity index (χ1n) is 7.06. The fourth-order valence-electron chi connectivity index (χ4n) is 2.94. The Morgan fingerprint density at radius 3 is 2.29 bits per heavy atom. The molecule has 1 saturated heterocycles. The minimum absolute atomic E-state index is 0.0146. The number of hydrogen-bond acceptors (Lipinski definition) is 3. The predicted molar refractivity (Wildman–Crippen MR) is 66.7 cm³/mol. The Hall–Kier alpha value is -0.120. The second-order valence-electron chi connectivity index (χ2n) is 6.02. The van der Waals surface area contributed by atoms with Gasteiger partial charge < -0.3 is 14.6 Å². The highest BCUT2D eigenvalue weighted by atomic mass is 16.7. The molecule has 17 heavy (non-hydrogen) atoms. The summed E-state index contributed by atoms with van der Waals surface area (Å²) in [5.74, 6) is 1.07. The number of ether oxygens (including phenoxy) is 2. The maximum absolute atomic E-state index is 9.92. The zero-order chi connectivity index (χ0) is 12.3. The Labute approximate surface area is 104 Å². The lowest BCUT2D eigenvalue weighted by atomic mass is 9.79. The standard InChI is InChI=1S/C14H26O3/c1-3-4-11-9-16-13(17-10-11)12-5-7-14(2,15)8-6-12/h11-13,15H,3-10H2,1-2H3. The first-order chi connectivity index (χ1) is 8.11. The molecule has 1 N–H and O–H groups in total. The van der Waals surface area contributed by atoms with Crippen LogP contribution in [0.4, 0.5) is 0 Å². The van der Waals surface area contributed by atoms with E-state index >= 15 is 0 Å². The molecule has 1 saturated carbocycles. The molecule has 0 aromatic carbocycles. The second-order valence-corrected chi connectivity index (χ2v) is 6.02. The van der Waals surface area contributed by atoms with E-state index in [2.05, 4.69) is 6.92 Å². The fraction of sp³-hybridized carbons (Fsp3) is 1.00. The van der Waals surface area contributed by atoms with Crippen molar-refractivity contribution in [2.75, 3.05) is 13.2 Å². The molecule has 0 atom stereocenters. The van der Waals surface area contributed by atoms with Gasteiger partial charge in [-0.2, -0.15) is 0 Å². The lowest BCUT2D eigenvalue weighted by molar-refractivity contribution is -0.233. The molecule has 0 unspecified atom stereocenters. The average molecular weight is 242 g/mol. The first-order valence-corrected chi connectivity index (χ1v) is 7.06. The van der Waals surface area contributed by atoms with Gasteiger partial charge in [-0.05, 0) is 39.0 Å². The van der Waals surface area contributed by atoms with Gasteiger partial charge >= 0.3 is 0 Å². The van der Waals surface area contributed by atoms with Gasteiger partial charge in [-0.1, -0.05) is 13.3 Å². The summed E-state index contributed by atoms with van der Waals surface area (Å²) in [5, 5.41) is 9.92. The van der Waals surface area contributed by atoms with Crippen LogP contribution in [0.2, 0.25) is 0 Å². The summed E-state index contributed by atoms with van der Waals surface area (Å²) in [4.78, 5) is 0. The summed E-state index contributed by atoms with van der Waals surface area (Å²) in [7, 11) is 0. The van der Waals surface area contributed by atoms with E-state index in [0.717, 1.165) is 38.9 Å². The molecule has 0 amide bonds. The van der Waals surface area contributed by atoms with Crippen LogP contribution >= 0.6 is 0 Å². The van der Waals surface area contributed by atoms with Crippen LogP contribution in [0.15, 0.2) is 0 Å². The Kier molecular flexibility index (Phi) is 4.45. The maximum atomic E-state index is 9.92. The summed E-state index contributed by atoms with van der Waals surface area (Å²) >= 11 is 0. The van der Waals surface area contributed by atoms with Gasteiger partial charge in [0.1, 0.15) is 0 Å². The van der Waals surface area contributed by atoms with Crippen LogP contribution in [0.5, 0.6) is 0 Å². The number of hydrogen-bond donors (Lipinski definition) is 1. The van der Waals surface area contributed by atoms with Gasteiger partial charge in [0.05, 0.1) is 18.8 Å². The molecule has 3 heteroatoms. The van der Waals surface area contributed by atoms with Gasteiger partial charge in [0, 0.05) is 11.8 Å². The van der Waals surface area contributed by atoms with Gasteiger partial charge in [-0.15, -0.1) is 0 Å². The molecule has 0 aromatic heterocycles. The minimum Gasteiger partial charge on any atom is -0.390 e. The molecule has 1 aliphatic carbocycles. The van der Waals surface area contributed by atoms with Crippen LogP contribution in [-0.2, 0) is 9.47 Å². The lowest BCUT2D eigenvalue weighted by Gasteiger charge is -2.39. The normalized spacial score (nSPS) is 43.6. The van der Waals surface area contributed by atoms with E-state index in [0.29, 0.717) is 11.8 Å². The van der Waals surface area contributed by atoms with Crippen molar-refractivity contribution in [3.8, 4) is 0 Å². The molecular formula is C14H26O3. The maximum Gasteiger partial charge on any atom is 0.160 e. The Morgan fingerprint density at radius 2 is 1.76 bits per heavy atom. The van der Waals surface area contributed by atoms with E-state index in [4.69, 9.17) is 9.47 Å². The molecule has 1 heterocycles. The fourth-order valence-corrected chi connectivity index (χ4v) is 2.94. The summed E-state index contributed by atoms with van der Waals surface area (Å²) < 4.78 is 11.7. The Balaban J connectivity index is 1.74. The van der Waals surface area contributed by atoms with E-state index in [1.807, 2.05) is 6.92 Å². The largest absolute Gasteiger partial charge is 0.390 e. The van der Waals surface area contributed by atoms with Crippen molar-refractivity contribution >= 4 is 0 Å². The molecule has 100 valence electrons. The minimum atomic E-state index is -0.462. The lowest BCUT2D eigenvalue weighted by Crippen LogP contribution is -2.41. The smallest absolute Gasteiger partial charge is 0.160 e. The van der Waals surface area contributed by atoms with Gasteiger partial charge in [0.2, 0.25) is 0 Å². The summed E-state index contributed by atoms with van der Waals surface area (Å²) in [6.45, 7) is 5.84. The highest BCUT2D eigenvalue weighted by Crippen LogP contribution is 2.36. The predicted octanol–water partition coefficient (Wildman–Crippen LogP) is 2.72. The molecular weight excluding hydrogens is 216 g/mol. The second kappa shape index (κ2) is 5.68.